The monoisotopic (exact) mass is 386 g/mol. The molecule has 4 rings (SSSR count). The van der Waals surface area contributed by atoms with E-state index in [1.54, 1.807) is 6.20 Å². The number of ether oxygens (including phenoxy) is 1. The largest absolute Gasteiger partial charge is 0.378 e. The van der Waals surface area contributed by atoms with Gasteiger partial charge in [-0.2, -0.15) is 0 Å². The first-order chi connectivity index (χ1) is 11.8. The summed E-state index contributed by atoms with van der Waals surface area (Å²) in [4.78, 5) is 19.8. The number of nitrogens with one attached hydrogen (secondary N) is 1. The lowest BCUT2D eigenvalue weighted by Gasteiger charge is -2.26. The second-order valence-corrected chi connectivity index (χ2v) is 6.28. The van der Waals surface area contributed by atoms with Gasteiger partial charge in [-0.05, 0) is 18.2 Å². The second-order valence-electron chi connectivity index (χ2n) is 5.36. The molecule has 1 saturated heterocycles. The van der Waals surface area contributed by atoms with Gasteiger partial charge in [0.2, 0.25) is 5.95 Å². The van der Waals surface area contributed by atoms with E-state index in [1.807, 2.05) is 24.3 Å². The molecule has 1 aromatic carbocycles. The van der Waals surface area contributed by atoms with Crippen LogP contribution in [0.3, 0.4) is 0 Å². The molecule has 1 aliphatic heterocycles. The van der Waals surface area contributed by atoms with Crippen molar-refractivity contribution < 1.29 is 4.74 Å². The summed E-state index contributed by atoms with van der Waals surface area (Å²) in [6.07, 6.45) is 3.25. The summed E-state index contributed by atoms with van der Waals surface area (Å²) in [6.45, 7) is 2.95. The maximum absolute atomic E-state index is 5.38. The van der Waals surface area contributed by atoms with Crippen molar-refractivity contribution in [3.05, 3.63) is 41.3 Å². The number of morpholine rings is 1. The zero-order chi connectivity index (χ0) is 16.4. The Hall–Kier alpha value is -2.32. The first-order valence-electron chi connectivity index (χ1n) is 7.63. The van der Waals surface area contributed by atoms with Gasteiger partial charge in [-0.1, -0.05) is 22.0 Å². The van der Waals surface area contributed by atoms with Gasteiger partial charge in [0.25, 0.3) is 0 Å². The summed E-state index contributed by atoms with van der Waals surface area (Å²) in [6, 6.07) is 7.90. The number of rotatable bonds is 3. The van der Waals surface area contributed by atoms with E-state index < -0.39 is 0 Å². The smallest absolute Gasteiger partial charge is 0.226 e. The molecule has 1 N–H and O–H groups in total. The molecule has 8 heteroatoms. The lowest BCUT2D eigenvalue weighted by molar-refractivity contribution is 0.122. The summed E-state index contributed by atoms with van der Waals surface area (Å²) in [5.74, 6) is 1.34. The van der Waals surface area contributed by atoms with Gasteiger partial charge in [0.1, 0.15) is 17.4 Å². The number of hydrogen-bond acceptors (Lipinski definition) is 7. The van der Waals surface area contributed by atoms with Crippen LogP contribution in [0.25, 0.3) is 11.0 Å². The number of benzene rings is 1. The topological polar surface area (TPSA) is 76.1 Å². The van der Waals surface area contributed by atoms with Gasteiger partial charge in [0.15, 0.2) is 5.82 Å². The van der Waals surface area contributed by atoms with Crippen molar-refractivity contribution in [2.45, 2.75) is 0 Å². The van der Waals surface area contributed by atoms with Crippen LogP contribution in [0.4, 0.5) is 17.5 Å². The summed E-state index contributed by atoms with van der Waals surface area (Å²) < 4.78 is 6.38. The van der Waals surface area contributed by atoms with Crippen LogP contribution in [0, 0.1) is 0 Å². The Labute approximate surface area is 147 Å². The Kier molecular flexibility index (Phi) is 4.22. The van der Waals surface area contributed by atoms with Crippen molar-refractivity contribution in [1.82, 2.24) is 19.9 Å². The maximum Gasteiger partial charge on any atom is 0.226 e. The zero-order valence-electron chi connectivity index (χ0n) is 12.8. The van der Waals surface area contributed by atoms with Crippen molar-refractivity contribution in [3.8, 4) is 0 Å². The van der Waals surface area contributed by atoms with Crippen LogP contribution in [-0.4, -0.2) is 46.2 Å². The first-order valence-corrected chi connectivity index (χ1v) is 8.42. The molecule has 0 atom stereocenters. The molecule has 0 aliphatic carbocycles. The molecular weight excluding hydrogens is 372 g/mol. The summed E-state index contributed by atoms with van der Waals surface area (Å²) in [5.41, 5.74) is 2.34. The minimum absolute atomic E-state index is 0.662. The predicted molar refractivity (Wildman–Crippen MR) is 95.6 cm³/mol. The van der Waals surface area contributed by atoms with E-state index in [0.29, 0.717) is 36.0 Å². The average molecular weight is 387 g/mol. The van der Waals surface area contributed by atoms with Gasteiger partial charge < -0.3 is 15.0 Å². The fourth-order valence-electron chi connectivity index (χ4n) is 2.55. The van der Waals surface area contributed by atoms with Crippen molar-refractivity contribution in [3.63, 3.8) is 0 Å². The lowest BCUT2D eigenvalue weighted by atomic mass is 10.3. The lowest BCUT2D eigenvalue weighted by Crippen LogP contribution is -2.37. The third kappa shape index (κ3) is 3.15. The van der Waals surface area contributed by atoms with Crippen molar-refractivity contribution in [1.29, 1.82) is 0 Å². The highest BCUT2D eigenvalue weighted by atomic mass is 79.9. The Morgan fingerprint density at radius 2 is 2.00 bits per heavy atom. The van der Waals surface area contributed by atoms with Crippen molar-refractivity contribution in [2.24, 2.45) is 0 Å². The van der Waals surface area contributed by atoms with E-state index >= 15 is 0 Å². The molecule has 0 bridgehead atoms. The number of fused-ring (bicyclic) bond motifs is 1. The molecule has 0 unspecified atom stereocenters. The SMILES string of the molecule is Brc1cccc(Nc2ncnc3cnc(N4CCOCC4)nc23)c1. The molecule has 2 aromatic heterocycles. The maximum atomic E-state index is 5.38. The predicted octanol–water partition coefficient (Wildman–Crippen LogP) is 2.76. The van der Waals surface area contributed by atoms with Crippen LogP contribution in [0.2, 0.25) is 0 Å². The first kappa shape index (κ1) is 15.2. The molecule has 7 nitrogen and oxygen atoms in total. The third-order valence-corrected chi connectivity index (χ3v) is 4.24. The highest BCUT2D eigenvalue weighted by molar-refractivity contribution is 9.10. The van der Waals surface area contributed by atoms with Crippen LogP contribution in [0.15, 0.2) is 41.3 Å². The molecule has 24 heavy (non-hydrogen) atoms. The van der Waals surface area contributed by atoms with Crippen LogP contribution in [0.1, 0.15) is 0 Å². The average Bonchev–Trinajstić information content (AvgIpc) is 2.62. The molecule has 3 aromatic rings. The van der Waals surface area contributed by atoms with Gasteiger partial charge in [-0.25, -0.2) is 19.9 Å². The summed E-state index contributed by atoms with van der Waals surface area (Å²) in [5, 5.41) is 3.30. The number of nitrogens with zero attached hydrogens (tertiary/aromatic N) is 5. The highest BCUT2D eigenvalue weighted by Crippen LogP contribution is 2.24. The minimum atomic E-state index is 0.662. The second kappa shape index (κ2) is 6.66. The van der Waals surface area contributed by atoms with Crippen LogP contribution < -0.4 is 10.2 Å². The fourth-order valence-corrected chi connectivity index (χ4v) is 2.95. The highest BCUT2D eigenvalue weighted by Gasteiger charge is 2.16. The Morgan fingerprint density at radius 3 is 2.83 bits per heavy atom. The van der Waals surface area contributed by atoms with Crippen molar-refractivity contribution >= 4 is 44.4 Å². The van der Waals surface area contributed by atoms with Gasteiger partial charge in [-0.15, -0.1) is 0 Å². The van der Waals surface area contributed by atoms with E-state index in [1.165, 1.54) is 6.33 Å². The molecule has 0 saturated carbocycles. The number of hydrogen-bond donors (Lipinski definition) is 1. The van der Waals surface area contributed by atoms with E-state index in [4.69, 9.17) is 4.74 Å². The Bertz CT molecular complexity index is 868. The number of aromatic nitrogens is 4. The molecule has 122 valence electrons. The van der Waals surface area contributed by atoms with E-state index in [2.05, 4.69) is 46.1 Å². The van der Waals surface area contributed by atoms with Crippen LogP contribution in [0.5, 0.6) is 0 Å². The standard InChI is InChI=1S/C16H15BrN6O/c17-11-2-1-3-12(8-11)21-15-14-13(19-10-20-15)9-18-16(22-14)23-4-6-24-7-5-23/h1-3,8-10H,4-7H2,(H,19,20,21). The van der Waals surface area contributed by atoms with E-state index in [-0.39, 0.29) is 0 Å². The van der Waals surface area contributed by atoms with Gasteiger partial charge >= 0.3 is 0 Å². The molecule has 1 fully saturated rings. The molecular formula is C16H15BrN6O. The number of halogens is 1. The quantitative estimate of drug-likeness (QED) is 0.741. The van der Waals surface area contributed by atoms with E-state index in [0.717, 1.165) is 23.2 Å². The van der Waals surface area contributed by atoms with Crippen LogP contribution in [-0.2, 0) is 4.74 Å². The normalized spacial score (nSPS) is 14.8. The Morgan fingerprint density at radius 1 is 1.12 bits per heavy atom. The zero-order valence-corrected chi connectivity index (χ0v) is 14.4. The van der Waals surface area contributed by atoms with Gasteiger partial charge in [0.05, 0.1) is 19.4 Å². The summed E-state index contributed by atoms with van der Waals surface area (Å²) in [7, 11) is 0. The van der Waals surface area contributed by atoms with Gasteiger partial charge in [-0.3, -0.25) is 0 Å². The van der Waals surface area contributed by atoms with Gasteiger partial charge in [0, 0.05) is 23.2 Å². The molecule has 3 heterocycles. The fraction of sp³-hybridized carbons (Fsp3) is 0.250. The number of anilines is 3. The third-order valence-electron chi connectivity index (χ3n) is 3.75. The molecule has 1 aliphatic rings. The molecule has 0 amide bonds. The summed E-state index contributed by atoms with van der Waals surface area (Å²) >= 11 is 3.47. The molecule has 0 spiro atoms. The van der Waals surface area contributed by atoms with Crippen LogP contribution >= 0.6 is 15.9 Å². The van der Waals surface area contributed by atoms with Crippen molar-refractivity contribution in [2.75, 3.05) is 36.5 Å². The molecule has 0 radical (unpaired) electrons. The Balaban J connectivity index is 1.71. The minimum Gasteiger partial charge on any atom is -0.378 e. The van der Waals surface area contributed by atoms with E-state index in [9.17, 15) is 0 Å².